The number of morpholine rings is 1. The molecule has 4 rings (SSSR count). The van der Waals surface area contributed by atoms with Crippen LogP contribution in [0.15, 0.2) is 35.3 Å². The van der Waals surface area contributed by atoms with Gasteiger partial charge in [0, 0.05) is 6.54 Å². The third-order valence-corrected chi connectivity index (χ3v) is 7.04. The molecule has 0 amide bonds. The summed E-state index contributed by atoms with van der Waals surface area (Å²) in [5, 5.41) is 7.80. The Morgan fingerprint density at radius 1 is 1.27 bits per heavy atom. The van der Waals surface area contributed by atoms with Gasteiger partial charge in [-0.2, -0.15) is 21.7 Å². The zero-order valence-corrected chi connectivity index (χ0v) is 20.3. The molecule has 176 valence electrons. The topological polar surface area (TPSA) is 108 Å². The second kappa shape index (κ2) is 10.1. The van der Waals surface area contributed by atoms with Crippen molar-refractivity contribution in [3.05, 3.63) is 41.6 Å². The Balaban J connectivity index is 1.66. The van der Waals surface area contributed by atoms with Crippen LogP contribution in [0.4, 0.5) is 11.8 Å². The molecular weight excluding hydrogens is 438 g/mol. The summed E-state index contributed by atoms with van der Waals surface area (Å²) < 4.78 is 11.6. The third kappa shape index (κ3) is 5.13. The molecular formula is C23H31N7O2S. The van der Waals surface area contributed by atoms with Crippen molar-refractivity contribution in [1.82, 2.24) is 20.8 Å². The number of anilines is 1. The van der Waals surface area contributed by atoms with Crippen LogP contribution < -0.4 is 20.5 Å². The van der Waals surface area contributed by atoms with E-state index in [1.54, 1.807) is 11.8 Å². The Kier molecular flexibility index (Phi) is 7.16. The standard InChI is InChI=1S/C23H31N7O2S/c1-15-12-31-13-17-14-32-19-20(23(2,3)33-4)27-22(28-21(19)30(15)17)26-18(10-24)29-25-11-16-8-6-5-7-9-16/h5-10,15,17,24-25H,11-14H2,1-4H3,(H,26,27,28,29)/t15-,17+/m1/s1. The number of thioether (sulfide) groups is 1. The number of ether oxygens (including phenoxy) is 2. The van der Waals surface area contributed by atoms with Crippen molar-refractivity contribution in [3.63, 3.8) is 0 Å². The van der Waals surface area contributed by atoms with E-state index in [1.165, 1.54) is 0 Å². The van der Waals surface area contributed by atoms with Crippen molar-refractivity contribution in [2.24, 2.45) is 4.99 Å². The van der Waals surface area contributed by atoms with E-state index in [9.17, 15) is 0 Å². The Labute approximate surface area is 198 Å². The van der Waals surface area contributed by atoms with E-state index in [0.29, 0.717) is 43.9 Å². The van der Waals surface area contributed by atoms with Gasteiger partial charge in [-0.1, -0.05) is 30.3 Å². The predicted octanol–water partition coefficient (Wildman–Crippen LogP) is 3.03. The molecule has 0 bridgehead atoms. The van der Waals surface area contributed by atoms with Crippen molar-refractivity contribution < 1.29 is 9.47 Å². The van der Waals surface area contributed by atoms with Gasteiger partial charge in [0.15, 0.2) is 17.4 Å². The molecule has 10 heteroatoms. The van der Waals surface area contributed by atoms with E-state index < -0.39 is 0 Å². The molecule has 1 saturated heterocycles. The van der Waals surface area contributed by atoms with Gasteiger partial charge in [-0.05, 0) is 32.6 Å². The van der Waals surface area contributed by atoms with Gasteiger partial charge in [0.1, 0.15) is 12.3 Å². The molecule has 2 aliphatic rings. The highest BCUT2D eigenvalue weighted by atomic mass is 32.2. The van der Waals surface area contributed by atoms with Gasteiger partial charge in [-0.15, -0.1) is 0 Å². The fourth-order valence-electron chi connectivity index (χ4n) is 3.91. The summed E-state index contributed by atoms with van der Waals surface area (Å²) in [5.74, 6) is 2.07. The summed E-state index contributed by atoms with van der Waals surface area (Å²) in [4.78, 5) is 16.4. The second-order valence-corrected chi connectivity index (χ2v) is 10.0. The lowest BCUT2D eigenvalue weighted by molar-refractivity contribution is 0.0482. The summed E-state index contributed by atoms with van der Waals surface area (Å²) >= 11 is 1.69. The highest BCUT2D eigenvalue weighted by Gasteiger charge is 2.40. The molecule has 1 fully saturated rings. The Morgan fingerprint density at radius 3 is 2.79 bits per heavy atom. The molecule has 0 radical (unpaired) electrons. The van der Waals surface area contributed by atoms with Gasteiger partial charge < -0.3 is 25.2 Å². The van der Waals surface area contributed by atoms with Crippen LogP contribution in [0, 0.1) is 5.41 Å². The number of nitrogens with zero attached hydrogens (tertiary/aromatic N) is 4. The molecule has 0 aliphatic carbocycles. The molecule has 1 aromatic carbocycles. The van der Waals surface area contributed by atoms with Gasteiger partial charge in [0.25, 0.3) is 5.95 Å². The first-order chi connectivity index (χ1) is 15.9. The largest absolute Gasteiger partial charge is 0.486 e. The maximum absolute atomic E-state index is 7.80. The normalized spacial score (nSPS) is 20.5. The summed E-state index contributed by atoms with van der Waals surface area (Å²) in [5.41, 5.74) is 8.01. The van der Waals surface area contributed by atoms with Crippen LogP contribution in [0.1, 0.15) is 32.0 Å². The van der Waals surface area contributed by atoms with E-state index >= 15 is 0 Å². The van der Waals surface area contributed by atoms with Crippen molar-refractivity contribution in [1.29, 1.82) is 5.41 Å². The Morgan fingerprint density at radius 2 is 2.06 bits per heavy atom. The number of amidine groups is 1. The van der Waals surface area contributed by atoms with E-state index in [2.05, 4.69) is 47.8 Å². The molecule has 33 heavy (non-hydrogen) atoms. The average molecular weight is 470 g/mol. The number of rotatable bonds is 7. The van der Waals surface area contributed by atoms with Gasteiger partial charge >= 0.3 is 0 Å². The number of aromatic nitrogens is 2. The number of nitrogens with one attached hydrogen (secondary N) is 3. The monoisotopic (exact) mass is 469 g/mol. The summed E-state index contributed by atoms with van der Waals surface area (Å²) in [7, 11) is 0. The number of hydrogen-bond donors (Lipinski definition) is 3. The van der Waals surface area contributed by atoms with Crippen LogP contribution in [0.25, 0.3) is 0 Å². The maximum Gasteiger partial charge on any atom is 0.253 e. The van der Waals surface area contributed by atoms with Crippen LogP contribution in [0.5, 0.6) is 5.75 Å². The van der Waals surface area contributed by atoms with Crippen LogP contribution in [-0.4, -0.2) is 60.2 Å². The first-order valence-electron chi connectivity index (χ1n) is 11.0. The minimum Gasteiger partial charge on any atom is -0.486 e. The summed E-state index contributed by atoms with van der Waals surface area (Å²) in [6.07, 6.45) is 3.20. The Hall–Kier alpha value is -2.69. The fraction of sp³-hybridized carbons (Fsp3) is 0.478. The van der Waals surface area contributed by atoms with Gasteiger partial charge in [0.05, 0.1) is 36.3 Å². The molecule has 3 heterocycles. The number of fused-ring (bicyclic) bond motifs is 3. The van der Waals surface area contributed by atoms with Gasteiger partial charge in [0.2, 0.25) is 0 Å². The average Bonchev–Trinajstić information content (AvgIpc) is 2.83. The van der Waals surface area contributed by atoms with E-state index in [4.69, 9.17) is 24.9 Å². The minimum absolute atomic E-state index is 0.103. The maximum atomic E-state index is 7.80. The molecule has 0 saturated carbocycles. The number of hydrazine groups is 1. The van der Waals surface area contributed by atoms with Crippen molar-refractivity contribution in [2.75, 3.05) is 31.0 Å². The fourth-order valence-corrected chi connectivity index (χ4v) is 4.24. The third-order valence-electron chi connectivity index (χ3n) is 5.83. The quantitative estimate of drug-likeness (QED) is 0.323. The van der Waals surface area contributed by atoms with Gasteiger partial charge in [-0.3, -0.25) is 0 Å². The number of hydrogen-bond acceptors (Lipinski definition) is 9. The van der Waals surface area contributed by atoms with Crippen LogP contribution in [0.3, 0.4) is 0 Å². The summed E-state index contributed by atoms with van der Waals surface area (Å²) in [6, 6.07) is 10.3. The van der Waals surface area contributed by atoms with Crippen LogP contribution in [0.2, 0.25) is 0 Å². The van der Waals surface area contributed by atoms with E-state index in [0.717, 1.165) is 23.3 Å². The van der Waals surface area contributed by atoms with Crippen molar-refractivity contribution in [3.8, 4) is 5.75 Å². The highest BCUT2D eigenvalue weighted by Crippen LogP contribution is 2.45. The van der Waals surface area contributed by atoms with E-state index in [1.807, 2.05) is 30.3 Å². The molecule has 2 atom stereocenters. The lowest BCUT2D eigenvalue weighted by Gasteiger charge is -2.45. The number of benzene rings is 1. The zero-order valence-electron chi connectivity index (χ0n) is 19.5. The smallest absolute Gasteiger partial charge is 0.253 e. The molecule has 0 unspecified atom stereocenters. The summed E-state index contributed by atoms with van der Waals surface area (Å²) in [6.45, 7) is 8.72. The molecule has 2 aromatic rings. The Bertz CT molecular complexity index is 1020. The molecule has 1 aromatic heterocycles. The molecule has 0 spiro atoms. The zero-order chi connectivity index (χ0) is 23.4. The molecule has 2 aliphatic heterocycles. The second-order valence-electron chi connectivity index (χ2n) is 8.60. The minimum atomic E-state index is -0.302. The van der Waals surface area contributed by atoms with Crippen molar-refractivity contribution >= 4 is 35.6 Å². The highest BCUT2D eigenvalue weighted by molar-refractivity contribution is 7.99. The van der Waals surface area contributed by atoms with Crippen LogP contribution in [-0.2, 0) is 16.0 Å². The SMILES string of the molecule is CSC(C)(C)c1nc(/N=C(\C=N)NNCc2ccccc2)nc2c1OC[C@@H]1COC[C@@H](C)N21. The predicted molar refractivity (Wildman–Crippen MR) is 133 cm³/mol. The number of aliphatic imine (C=N–C) groups is 1. The van der Waals surface area contributed by atoms with Crippen LogP contribution >= 0.6 is 11.8 Å². The van der Waals surface area contributed by atoms with Gasteiger partial charge in [-0.25, -0.2) is 10.4 Å². The first kappa shape index (κ1) is 23.5. The molecule has 9 nitrogen and oxygen atoms in total. The first-order valence-corrected chi connectivity index (χ1v) is 12.2. The lowest BCUT2D eigenvalue weighted by Crippen LogP contribution is -2.56. The van der Waals surface area contributed by atoms with Crippen molar-refractivity contribution in [2.45, 2.75) is 44.1 Å². The lowest BCUT2D eigenvalue weighted by atomic mass is 10.0. The van der Waals surface area contributed by atoms with E-state index in [-0.39, 0.29) is 16.8 Å². The molecule has 3 N–H and O–H groups in total.